The molecule has 1 atom stereocenters. The zero-order valence-corrected chi connectivity index (χ0v) is 13.3. The molecule has 0 bridgehead atoms. The molecule has 4 heteroatoms. The summed E-state index contributed by atoms with van der Waals surface area (Å²) in [7, 11) is 5.80. The molecule has 20 heavy (non-hydrogen) atoms. The summed E-state index contributed by atoms with van der Waals surface area (Å²) in [5, 5.41) is 13.4. The van der Waals surface area contributed by atoms with Gasteiger partial charge in [-0.25, -0.2) is 0 Å². The van der Waals surface area contributed by atoms with Crippen LogP contribution in [-0.4, -0.2) is 43.8 Å². The van der Waals surface area contributed by atoms with Gasteiger partial charge < -0.3 is 20.1 Å². The Balaban J connectivity index is 2.66. The summed E-state index contributed by atoms with van der Waals surface area (Å²) in [6, 6.07) is 5.74. The van der Waals surface area contributed by atoms with Crippen LogP contribution in [0.25, 0.3) is 0 Å². The second-order valence-electron chi connectivity index (χ2n) is 5.96. The molecule has 0 heterocycles. The molecule has 1 unspecified atom stereocenters. The van der Waals surface area contributed by atoms with Crippen molar-refractivity contribution >= 4 is 0 Å². The molecule has 0 fully saturated rings. The maximum atomic E-state index is 9.90. The molecule has 0 aromatic heterocycles. The number of hydrogen-bond acceptors (Lipinski definition) is 4. The Morgan fingerprint density at radius 3 is 2.55 bits per heavy atom. The van der Waals surface area contributed by atoms with Gasteiger partial charge in [-0.1, -0.05) is 13.8 Å². The molecule has 114 valence electrons. The molecule has 1 aromatic carbocycles. The van der Waals surface area contributed by atoms with E-state index in [9.17, 15) is 5.11 Å². The maximum absolute atomic E-state index is 9.90. The third-order valence-electron chi connectivity index (χ3n) is 3.21. The van der Waals surface area contributed by atoms with Crippen molar-refractivity contribution in [3.63, 3.8) is 0 Å². The second-order valence-corrected chi connectivity index (χ2v) is 5.96. The molecule has 0 aliphatic rings. The van der Waals surface area contributed by atoms with E-state index in [4.69, 9.17) is 4.74 Å². The molecular weight excluding hydrogens is 252 g/mol. The van der Waals surface area contributed by atoms with Crippen molar-refractivity contribution in [2.45, 2.75) is 32.9 Å². The average Bonchev–Trinajstić information content (AvgIpc) is 2.36. The van der Waals surface area contributed by atoms with E-state index in [0.29, 0.717) is 24.3 Å². The molecule has 0 spiro atoms. The predicted octanol–water partition coefficient (Wildman–Crippen LogP) is 2.47. The Hall–Kier alpha value is -1.26. The number of hydrogen-bond donors (Lipinski definition) is 2. The van der Waals surface area contributed by atoms with E-state index in [2.05, 4.69) is 38.2 Å². The molecule has 0 saturated carbocycles. The minimum Gasteiger partial charge on any atom is -0.508 e. The number of phenols is 1. The van der Waals surface area contributed by atoms with Gasteiger partial charge in [0.15, 0.2) is 0 Å². The number of likely N-dealkylation sites (N-methyl/N-ethyl adjacent to an activating group) is 1. The number of methoxy groups -OCH3 is 1. The molecule has 0 radical (unpaired) electrons. The van der Waals surface area contributed by atoms with Gasteiger partial charge in [-0.3, -0.25) is 0 Å². The minimum absolute atomic E-state index is 0.312. The lowest BCUT2D eigenvalue weighted by molar-refractivity contribution is 0.303. The van der Waals surface area contributed by atoms with Crippen LogP contribution in [0.15, 0.2) is 18.2 Å². The van der Waals surface area contributed by atoms with Gasteiger partial charge in [0.25, 0.3) is 0 Å². The van der Waals surface area contributed by atoms with Gasteiger partial charge in [-0.05, 0) is 44.6 Å². The lowest BCUT2D eigenvalue weighted by atomic mass is 10.0. The van der Waals surface area contributed by atoms with Crippen LogP contribution in [0.2, 0.25) is 0 Å². The summed E-state index contributed by atoms with van der Waals surface area (Å²) in [5.41, 5.74) is 0.872. The van der Waals surface area contributed by atoms with Gasteiger partial charge in [0.05, 0.1) is 7.11 Å². The Morgan fingerprint density at radius 2 is 2.00 bits per heavy atom. The molecule has 0 saturated heterocycles. The van der Waals surface area contributed by atoms with Crippen molar-refractivity contribution in [3.8, 4) is 11.5 Å². The summed E-state index contributed by atoms with van der Waals surface area (Å²) >= 11 is 0. The van der Waals surface area contributed by atoms with E-state index in [1.54, 1.807) is 19.2 Å². The fraction of sp³-hybridized carbons (Fsp3) is 0.625. The van der Waals surface area contributed by atoms with E-state index in [1.165, 1.54) is 0 Å². The quantitative estimate of drug-likeness (QED) is 0.768. The molecule has 0 aliphatic heterocycles. The summed E-state index contributed by atoms with van der Waals surface area (Å²) in [6.45, 7) is 6.10. The highest BCUT2D eigenvalue weighted by Crippen LogP contribution is 2.23. The smallest absolute Gasteiger partial charge is 0.120 e. The fourth-order valence-electron chi connectivity index (χ4n) is 2.32. The number of benzene rings is 1. The zero-order chi connectivity index (χ0) is 15.1. The van der Waals surface area contributed by atoms with E-state index in [0.717, 1.165) is 24.3 Å². The number of ether oxygens (including phenoxy) is 1. The zero-order valence-electron chi connectivity index (χ0n) is 13.3. The first-order valence-corrected chi connectivity index (χ1v) is 7.16. The monoisotopic (exact) mass is 280 g/mol. The highest BCUT2D eigenvalue weighted by atomic mass is 16.5. The third-order valence-corrected chi connectivity index (χ3v) is 3.21. The van der Waals surface area contributed by atoms with Crippen LogP contribution in [0.3, 0.4) is 0 Å². The number of phenolic OH excluding ortho intramolecular Hbond substituents is 1. The number of aromatic hydroxyl groups is 1. The van der Waals surface area contributed by atoms with Crippen molar-refractivity contribution in [1.82, 2.24) is 10.2 Å². The van der Waals surface area contributed by atoms with Gasteiger partial charge in [0, 0.05) is 24.7 Å². The van der Waals surface area contributed by atoms with Gasteiger partial charge in [0.1, 0.15) is 11.5 Å². The average molecular weight is 280 g/mol. The fourth-order valence-corrected chi connectivity index (χ4v) is 2.32. The summed E-state index contributed by atoms with van der Waals surface area (Å²) in [4.78, 5) is 2.19. The first kappa shape index (κ1) is 16.8. The Labute approximate surface area is 122 Å². The lowest BCUT2D eigenvalue weighted by Crippen LogP contribution is -2.38. The Bertz CT molecular complexity index is 395. The van der Waals surface area contributed by atoms with E-state index >= 15 is 0 Å². The number of nitrogens with one attached hydrogen (secondary N) is 1. The first-order chi connectivity index (χ1) is 9.42. The first-order valence-electron chi connectivity index (χ1n) is 7.16. The highest BCUT2D eigenvalue weighted by molar-refractivity contribution is 5.39. The molecule has 0 amide bonds. The molecule has 1 rings (SSSR count). The van der Waals surface area contributed by atoms with Crippen molar-refractivity contribution in [3.05, 3.63) is 23.8 Å². The van der Waals surface area contributed by atoms with Crippen LogP contribution in [0.1, 0.15) is 25.8 Å². The minimum atomic E-state index is 0.312. The number of nitrogens with zero attached hydrogens (tertiary/aromatic N) is 1. The van der Waals surface area contributed by atoms with Crippen LogP contribution < -0.4 is 10.1 Å². The summed E-state index contributed by atoms with van der Waals surface area (Å²) in [6.07, 6.45) is 1.11. The van der Waals surface area contributed by atoms with Crippen LogP contribution in [-0.2, 0) is 6.54 Å². The predicted molar refractivity (Wildman–Crippen MR) is 83.3 cm³/mol. The van der Waals surface area contributed by atoms with Crippen LogP contribution in [0.5, 0.6) is 11.5 Å². The van der Waals surface area contributed by atoms with Crippen molar-refractivity contribution in [2.24, 2.45) is 5.92 Å². The second kappa shape index (κ2) is 8.12. The molecule has 4 nitrogen and oxygen atoms in total. The van der Waals surface area contributed by atoms with E-state index in [1.807, 2.05) is 6.07 Å². The molecular formula is C16H28N2O2. The molecule has 2 N–H and O–H groups in total. The van der Waals surface area contributed by atoms with Gasteiger partial charge in [-0.2, -0.15) is 0 Å². The number of rotatable bonds is 8. The summed E-state index contributed by atoms with van der Waals surface area (Å²) < 4.78 is 5.20. The summed E-state index contributed by atoms with van der Waals surface area (Å²) in [5.74, 6) is 1.73. The van der Waals surface area contributed by atoms with Crippen LogP contribution >= 0.6 is 0 Å². The van der Waals surface area contributed by atoms with Crippen molar-refractivity contribution < 1.29 is 9.84 Å². The van der Waals surface area contributed by atoms with E-state index in [-0.39, 0.29) is 0 Å². The Morgan fingerprint density at radius 1 is 1.30 bits per heavy atom. The highest BCUT2D eigenvalue weighted by Gasteiger charge is 2.13. The van der Waals surface area contributed by atoms with Crippen LogP contribution in [0, 0.1) is 5.92 Å². The lowest BCUT2D eigenvalue weighted by Gasteiger charge is -2.24. The molecule has 1 aromatic rings. The topological polar surface area (TPSA) is 44.7 Å². The third kappa shape index (κ3) is 5.80. The van der Waals surface area contributed by atoms with Crippen LogP contribution in [0.4, 0.5) is 0 Å². The van der Waals surface area contributed by atoms with Gasteiger partial charge >= 0.3 is 0 Å². The SMILES string of the molecule is COc1ccc(O)c(CNC(CC(C)C)CN(C)C)c1. The Kier molecular flexibility index (Phi) is 6.82. The standard InChI is InChI=1S/C16H28N2O2/c1-12(2)8-14(11-18(3)4)17-10-13-9-15(20-5)6-7-16(13)19/h6-7,9,12,14,17,19H,8,10-11H2,1-5H3. The van der Waals surface area contributed by atoms with Crippen molar-refractivity contribution in [2.75, 3.05) is 27.7 Å². The van der Waals surface area contributed by atoms with E-state index < -0.39 is 0 Å². The largest absolute Gasteiger partial charge is 0.508 e. The molecule has 0 aliphatic carbocycles. The normalized spacial score (nSPS) is 12.9. The van der Waals surface area contributed by atoms with Gasteiger partial charge in [0.2, 0.25) is 0 Å². The van der Waals surface area contributed by atoms with Crippen molar-refractivity contribution in [1.29, 1.82) is 0 Å². The van der Waals surface area contributed by atoms with Gasteiger partial charge in [-0.15, -0.1) is 0 Å². The maximum Gasteiger partial charge on any atom is 0.120 e.